The Morgan fingerprint density at radius 3 is 2.84 bits per heavy atom. The van der Waals surface area contributed by atoms with Crippen molar-refractivity contribution in [3.8, 4) is 0 Å². The summed E-state index contributed by atoms with van der Waals surface area (Å²) in [4.78, 5) is 26.1. The fraction of sp³-hybridized carbons (Fsp3) is 0.556. The number of carbonyl (C=O) groups excluding carboxylic acids is 2. The molecule has 1 spiro atoms. The van der Waals surface area contributed by atoms with Gasteiger partial charge in [0.25, 0.3) is 5.91 Å². The van der Waals surface area contributed by atoms with Crippen molar-refractivity contribution in [2.24, 2.45) is 0 Å². The van der Waals surface area contributed by atoms with E-state index in [9.17, 15) is 14.7 Å². The summed E-state index contributed by atoms with van der Waals surface area (Å²) in [6.07, 6.45) is 2.53. The fourth-order valence-corrected chi connectivity index (χ4v) is 3.96. The number of aliphatic hydroxyl groups excluding tert-OH is 1. The second-order valence-corrected chi connectivity index (χ2v) is 7.03. The van der Waals surface area contributed by atoms with Crippen LogP contribution in [0.25, 0.3) is 0 Å². The highest BCUT2D eigenvalue weighted by Crippen LogP contribution is 2.36. The van der Waals surface area contributed by atoms with E-state index in [1.807, 2.05) is 6.07 Å². The molecular formula is C18H23N3O4. The quantitative estimate of drug-likeness (QED) is 0.711. The summed E-state index contributed by atoms with van der Waals surface area (Å²) in [6, 6.07) is 5.32. The van der Waals surface area contributed by atoms with Gasteiger partial charge in [0, 0.05) is 25.3 Å². The molecule has 1 aromatic carbocycles. The van der Waals surface area contributed by atoms with E-state index in [1.54, 1.807) is 17.0 Å². The third-order valence-electron chi connectivity index (χ3n) is 5.50. The number of piperidine rings is 1. The number of benzene rings is 1. The van der Waals surface area contributed by atoms with Crippen LogP contribution in [0, 0.1) is 0 Å². The average Bonchev–Trinajstić information content (AvgIpc) is 2.64. The Bertz CT molecular complexity index is 698. The van der Waals surface area contributed by atoms with Crippen LogP contribution in [0.2, 0.25) is 0 Å². The SMILES string of the molecule is O=C1CNc2ccc(C(=O)N3CCC4(CC3)OCCC[C@@H]4O)cc2N1. The minimum atomic E-state index is -0.483. The molecule has 2 saturated heterocycles. The first-order valence-corrected chi connectivity index (χ1v) is 8.86. The first kappa shape index (κ1) is 16.4. The number of nitrogens with zero attached hydrogens (tertiary/aromatic N) is 1. The first-order chi connectivity index (χ1) is 12.1. The summed E-state index contributed by atoms with van der Waals surface area (Å²) in [5.41, 5.74) is 1.54. The number of hydrogen-bond acceptors (Lipinski definition) is 5. The van der Waals surface area contributed by atoms with Gasteiger partial charge in [0.05, 0.1) is 29.6 Å². The van der Waals surface area contributed by atoms with Gasteiger partial charge in [-0.1, -0.05) is 0 Å². The molecule has 3 aliphatic rings. The summed E-state index contributed by atoms with van der Waals surface area (Å²) in [5.74, 6) is -0.164. The van der Waals surface area contributed by atoms with E-state index in [4.69, 9.17) is 4.74 Å². The Balaban J connectivity index is 1.46. The van der Waals surface area contributed by atoms with Crippen molar-refractivity contribution < 1.29 is 19.4 Å². The lowest BCUT2D eigenvalue weighted by atomic mass is 9.82. The van der Waals surface area contributed by atoms with Gasteiger partial charge in [-0.15, -0.1) is 0 Å². The molecule has 0 radical (unpaired) electrons. The fourth-order valence-electron chi connectivity index (χ4n) is 3.96. The normalized spacial score (nSPS) is 25.1. The van der Waals surface area contributed by atoms with Gasteiger partial charge in [-0.05, 0) is 43.9 Å². The minimum absolute atomic E-state index is 0.0530. The third kappa shape index (κ3) is 2.98. The van der Waals surface area contributed by atoms with Crippen molar-refractivity contribution >= 4 is 23.2 Å². The number of nitrogens with one attached hydrogen (secondary N) is 2. The predicted molar refractivity (Wildman–Crippen MR) is 92.6 cm³/mol. The van der Waals surface area contributed by atoms with Gasteiger partial charge in [0.2, 0.25) is 5.91 Å². The molecule has 2 fully saturated rings. The summed E-state index contributed by atoms with van der Waals surface area (Å²) in [6.45, 7) is 2.06. The summed E-state index contributed by atoms with van der Waals surface area (Å²) in [7, 11) is 0. The van der Waals surface area contributed by atoms with Crippen LogP contribution in [-0.4, -0.2) is 59.8 Å². The van der Waals surface area contributed by atoms with Gasteiger partial charge < -0.3 is 25.4 Å². The highest BCUT2D eigenvalue weighted by Gasteiger charge is 2.44. The lowest BCUT2D eigenvalue weighted by molar-refractivity contribution is -0.174. The van der Waals surface area contributed by atoms with E-state index >= 15 is 0 Å². The molecule has 0 bridgehead atoms. The Hall–Kier alpha value is -2.12. The van der Waals surface area contributed by atoms with Crippen LogP contribution in [0.3, 0.4) is 0 Å². The molecule has 3 N–H and O–H groups in total. The monoisotopic (exact) mass is 345 g/mol. The van der Waals surface area contributed by atoms with Crippen molar-refractivity contribution in [1.82, 2.24) is 4.90 Å². The highest BCUT2D eigenvalue weighted by atomic mass is 16.5. The number of likely N-dealkylation sites (tertiary alicyclic amines) is 1. The van der Waals surface area contributed by atoms with Crippen LogP contribution in [0.15, 0.2) is 18.2 Å². The van der Waals surface area contributed by atoms with Crippen LogP contribution in [0.5, 0.6) is 0 Å². The average molecular weight is 345 g/mol. The van der Waals surface area contributed by atoms with Crippen LogP contribution >= 0.6 is 0 Å². The molecular weight excluding hydrogens is 322 g/mol. The van der Waals surface area contributed by atoms with Crippen molar-refractivity contribution in [1.29, 1.82) is 0 Å². The van der Waals surface area contributed by atoms with Crippen molar-refractivity contribution in [3.05, 3.63) is 23.8 Å². The first-order valence-electron chi connectivity index (χ1n) is 8.86. The summed E-state index contributed by atoms with van der Waals surface area (Å²) in [5, 5.41) is 16.1. The number of aliphatic hydroxyl groups is 1. The molecule has 0 aromatic heterocycles. The van der Waals surface area contributed by atoms with Gasteiger partial charge >= 0.3 is 0 Å². The van der Waals surface area contributed by atoms with E-state index in [-0.39, 0.29) is 18.4 Å². The second kappa shape index (κ2) is 6.31. The third-order valence-corrected chi connectivity index (χ3v) is 5.50. The van der Waals surface area contributed by atoms with Crippen molar-refractivity contribution in [2.75, 3.05) is 36.9 Å². The Labute approximate surface area is 146 Å². The molecule has 25 heavy (non-hydrogen) atoms. The number of amides is 2. The molecule has 1 aromatic rings. The number of anilines is 2. The largest absolute Gasteiger partial charge is 0.390 e. The molecule has 7 nitrogen and oxygen atoms in total. The maximum Gasteiger partial charge on any atom is 0.253 e. The highest BCUT2D eigenvalue weighted by molar-refractivity contribution is 6.03. The molecule has 0 unspecified atom stereocenters. The Morgan fingerprint density at radius 1 is 1.28 bits per heavy atom. The van der Waals surface area contributed by atoms with E-state index in [1.165, 1.54) is 0 Å². The summed E-state index contributed by atoms with van der Waals surface area (Å²) < 4.78 is 5.89. The Morgan fingerprint density at radius 2 is 2.08 bits per heavy atom. The Kier molecular flexibility index (Phi) is 4.13. The van der Waals surface area contributed by atoms with E-state index in [2.05, 4.69) is 10.6 Å². The molecule has 3 aliphatic heterocycles. The zero-order valence-electron chi connectivity index (χ0n) is 14.1. The standard InChI is InChI=1S/C18H23N3O4/c22-15-2-1-9-25-18(15)5-7-21(8-6-18)17(24)12-3-4-13-14(10-12)20-16(23)11-19-13/h3-4,10,15,19,22H,1-2,5-9,11H2,(H,20,23)/t15-/m0/s1. The molecule has 0 saturated carbocycles. The maximum absolute atomic E-state index is 12.8. The number of rotatable bonds is 1. The maximum atomic E-state index is 12.8. The van der Waals surface area contributed by atoms with Crippen LogP contribution in [0.4, 0.5) is 11.4 Å². The molecule has 2 amide bonds. The molecule has 4 rings (SSSR count). The molecule has 3 heterocycles. The number of fused-ring (bicyclic) bond motifs is 1. The van der Waals surface area contributed by atoms with Gasteiger partial charge in [-0.2, -0.15) is 0 Å². The smallest absolute Gasteiger partial charge is 0.253 e. The zero-order chi connectivity index (χ0) is 17.4. The van der Waals surface area contributed by atoms with Crippen molar-refractivity contribution in [2.45, 2.75) is 37.4 Å². The molecule has 1 atom stereocenters. The lowest BCUT2D eigenvalue weighted by Crippen LogP contribution is -2.56. The van der Waals surface area contributed by atoms with Gasteiger partial charge in [0.15, 0.2) is 0 Å². The van der Waals surface area contributed by atoms with E-state index in [0.29, 0.717) is 43.8 Å². The van der Waals surface area contributed by atoms with Crippen LogP contribution in [-0.2, 0) is 9.53 Å². The van der Waals surface area contributed by atoms with E-state index in [0.717, 1.165) is 18.5 Å². The number of carbonyl (C=O) groups is 2. The van der Waals surface area contributed by atoms with Crippen LogP contribution in [0.1, 0.15) is 36.0 Å². The summed E-state index contributed by atoms with van der Waals surface area (Å²) >= 11 is 0. The number of ether oxygens (including phenoxy) is 1. The second-order valence-electron chi connectivity index (χ2n) is 7.03. The topological polar surface area (TPSA) is 90.9 Å². The minimum Gasteiger partial charge on any atom is -0.390 e. The molecule has 134 valence electrons. The predicted octanol–water partition coefficient (Wildman–Crippen LogP) is 1.20. The zero-order valence-corrected chi connectivity index (χ0v) is 14.1. The van der Waals surface area contributed by atoms with Crippen molar-refractivity contribution in [3.63, 3.8) is 0 Å². The number of hydrogen-bond donors (Lipinski definition) is 3. The molecule has 0 aliphatic carbocycles. The molecule has 7 heteroatoms. The van der Waals surface area contributed by atoms with Gasteiger partial charge in [-0.25, -0.2) is 0 Å². The lowest BCUT2D eigenvalue weighted by Gasteiger charge is -2.46. The van der Waals surface area contributed by atoms with Gasteiger partial charge in [-0.3, -0.25) is 9.59 Å². The van der Waals surface area contributed by atoms with Gasteiger partial charge in [0.1, 0.15) is 0 Å². The van der Waals surface area contributed by atoms with Crippen LogP contribution < -0.4 is 10.6 Å². The van der Waals surface area contributed by atoms with E-state index < -0.39 is 11.7 Å².